The Hall–Kier alpha value is -2.76. The molecule has 2 N–H and O–H groups in total. The molecular formula is C26H36N6O4S. The molecule has 0 saturated carbocycles. The van der Waals surface area contributed by atoms with Crippen molar-refractivity contribution < 1.29 is 17.9 Å². The maximum Gasteiger partial charge on any atom is 0.318 e. The maximum absolute atomic E-state index is 13.4. The molecule has 1 atom stereocenters. The summed E-state index contributed by atoms with van der Waals surface area (Å²) in [7, 11) is -3.61. The standard InChI is InChI=1S/C26H36N6O4S/c1-18-6-8-21(9-7-18)37(34,35)31-12-4-5-20(16-31)29-25(33)32-17-23-22(26(32,2)3)15-27-24(30-23)28-19-10-13-36-14-11-19/h6-9,15,19-20H,4-5,10-14,16-17H2,1-3H3,(H,29,33)(H,27,28,30). The first-order chi connectivity index (χ1) is 17.6. The third-order valence-corrected chi connectivity index (χ3v) is 9.56. The smallest absolute Gasteiger partial charge is 0.318 e. The van der Waals surface area contributed by atoms with Crippen molar-refractivity contribution in [2.24, 2.45) is 0 Å². The van der Waals surface area contributed by atoms with Crippen molar-refractivity contribution >= 4 is 22.0 Å². The third-order valence-electron chi connectivity index (χ3n) is 7.68. The molecule has 4 heterocycles. The van der Waals surface area contributed by atoms with Gasteiger partial charge in [-0.3, -0.25) is 0 Å². The number of sulfonamides is 1. The van der Waals surface area contributed by atoms with Gasteiger partial charge in [-0.25, -0.2) is 23.2 Å². The Balaban J connectivity index is 1.24. The number of benzene rings is 1. The topological polar surface area (TPSA) is 117 Å². The van der Waals surface area contributed by atoms with Gasteiger partial charge in [-0.1, -0.05) is 17.7 Å². The number of hydrogen-bond donors (Lipinski definition) is 2. The number of urea groups is 1. The molecule has 37 heavy (non-hydrogen) atoms. The van der Waals surface area contributed by atoms with Gasteiger partial charge in [-0.15, -0.1) is 0 Å². The normalized spacial score (nSPS) is 22.5. The molecule has 11 heteroatoms. The Bertz CT molecular complexity index is 1240. The van der Waals surface area contributed by atoms with Crippen LogP contribution in [0, 0.1) is 6.92 Å². The highest BCUT2D eigenvalue weighted by molar-refractivity contribution is 7.89. The van der Waals surface area contributed by atoms with Crippen LogP contribution in [0.15, 0.2) is 35.4 Å². The summed E-state index contributed by atoms with van der Waals surface area (Å²) in [6, 6.07) is 6.68. The predicted octanol–water partition coefficient (Wildman–Crippen LogP) is 2.99. The quantitative estimate of drug-likeness (QED) is 0.613. The minimum Gasteiger partial charge on any atom is -0.381 e. The van der Waals surface area contributed by atoms with Gasteiger partial charge in [0.25, 0.3) is 0 Å². The summed E-state index contributed by atoms with van der Waals surface area (Å²) in [6.45, 7) is 8.44. The Morgan fingerprint density at radius 1 is 1.11 bits per heavy atom. The fourth-order valence-corrected chi connectivity index (χ4v) is 6.88. The lowest BCUT2D eigenvalue weighted by atomic mass is 9.97. The van der Waals surface area contributed by atoms with Crippen molar-refractivity contribution in [1.29, 1.82) is 0 Å². The van der Waals surface area contributed by atoms with Gasteiger partial charge < -0.3 is 20.3 Å². The minimum atomic E-state index is -3.61. The number of piperidine rings is 1. The fraction of sp³-hybridized carbons (Fsp3) is 0.577. The molecule has 2 saturated heterocycles. The summed E-state index contributed by atoms with van der Waals surface area (Å²) in [5.41, 5.74) is 2.18. The van der Waals surface area contributed by atoms with Crippen LogP contribution in [-0.4, -0.2) is 72.0 Å². The molecule has 0 radical (unpaired) electrons. The van der Waals surface area contributed by atoms with Crippen molar-refractivity contribution in [3.05, 3.63) is 47.3 Å². The highest BCUT2D eigenvalue weighted by atomic mass is 32.2. The SMILES string of the molecule is Cc1ccc(S(=O)(=O)N2CCCC(NC(=O)N3Cc4nc(NC5CCOCC5)ncc4C3(C)C)C2)cc1. The number of aromatic nitrogens is 2. The van der Waals surface area contributed by atoms with Gasteiger partial charge in [0, 0.05) is 50.1 Å². The monoisotopic (exact) mass is 528 g/mol. The van der Waals surface area contributed by atoms with E-state index >= 15 is 0 Å². The Morgan fingerprint density at radius 2 is 1.84 bits per heavy atom. The molecule has 1 aromatic carbocycles. The van der Waals surface area contributed by atoms with E-state index in [1.54, 1.807) is 29.2 Å². The van der Waals surface area contributed by atoms with Crippen LogP contribution >= 0.6 is 0 Å². The molecule has 5 rings (SSSR count). The summed E-state index contributed by atoms with van der Waals surface area (Å²) in [5.74, 6) is 0.577. The zero-order chi connectivity index (χ0) is 26.2. The average Bonchev–Trinajstić information content (AvgIpc) is 3.15. The number of ether oxygens (including phenoxy) is 1. The number of rotatable bonds is 5. The van der Waals surface area contributed by atoms with Crippen LogP contribution in [0.1, 0.15) is 56.4 Å². The van der Waals surface area contributed by atoms with E-state index in [-0.39, 0.29) is 29.6 Å². The first kappa shape index (κ1) is 25.9. The lowest BCUT2D eigenvalue weighted by Crippen LogP contribution is -2.54. The number of nitrogens with one attached hydrogen (secondary N) is 2. The highest BCUT2D eigenvalue weighted by Gasteiger charge is 2.43. The summed E-state index contributed by atoms with van der Waals surface area (Å²) in [4.78, 5) is 24.7. The van der Waals surface area contributed by atoms with Gasteiger partial charge in [0.1, 0.15) is 0 Å². The van der Waals surface area contributed by atoms with E-state index in [2.05, 4.69) is 15.6 Å². The van der Waals surface area contributed by atoms with Gasteiger partial charge >= 0.3 is 6.03 Å². The minimum absolute atomic E-state index is 0.221. The molecule has 10 nitrogen and oxygen atoms in total. The second kappa shape index (κ2) is 10.2. The Labute approximate surface area is 218 Å². The van der Waals surface area contributed by atoms with E-state index in [0.717, 1.165) is 49.3 Å². The molecule has 2 amide bonds. The number of carbonyl (C=O) groups is 1. The number of carbonyl (C=O) groups excluding carboxylic acids is 1. The number of aryl methyl sites for hydroxylation is 1. The first-order valence-corrected chi connectivity index (χ1v) is 14.4. The van der Waals surface area contributed by atoms with Crippen LogP contribution in [0.3, 0.4) is 0 Å². The predicted molar refractivity (Wildman–Crippen MR) is 140 cm³/mol. The largest absolute Gasteiger partial charge is 0.381 e. The number of hydrogen-bond acceptors (Lipinski definition) is 7. The van der Waals surface area contributed by atoms with E-state index in [4.69, 9.17) is 9.72 Å². The van der Waals surface area contributed by atoms with Gasteiger partial charge in [0.15, 0.2) is 0 Å². The molecule has 3 aliphatic rings. The first-order valence-electron chi connectivity index (χ1n) is 13.0. The van der Waals surface area contributed by atoms with Gasteiger partial charge in [0.05, 0.1) is 22.7 Å². The lowest BCUT2D eigenvalue weighted by Gasteiger charge is -2.36. The van der Waals surface area contributed by atoms with Crippen LogP contribution in [0.2, 0.25) is 0 Å². The summed E-state index contributed by atoms with van der Waals surface area (Å²) >= 11 is 0. The molecule has 200 valence electrons. The molecular weight excluding hydrogens is 492 g/mol. The van der Waals surface area contributed by atoms with E-state index in [1.165, 1.54) is 4.31 Å². The Kier molecular flexibility index (Phi) is 7.12. The number of amides is 2. The average molecular weight is 529 g/mol. The molecule has 0 aliphatic carbocycles. The second-order valence-electron chi connectivity index (χ2n) is 10.7. The maximum atomic E-state index is 13.4. The van der Waals surface area contributed by atoms with Crippen molar-refractivity contribution in [2.75, 3.05) is 31.6 Å². The van der Waals surface area contributed by atoms with E-state index < -0.39 is 15.6 Å². The number of nitrogens with zero attached hydrogens (tertiary/aromatic N) is 4. The van der Waals surface area contributed by atoms with Crippen LogP contribution in [-0.2, 0) is 26.8 Å². The van der Waals surface area contributed by atoms with Crippen molar-refractivity contribution in [2.45, 2.75) is 75.5 Å². The van der Waals surface area contributed by atoms with Crippen LogP contribution in [0.4, 0.5) is 10.7 Å². The Morgan fingerprint density at radius 3 is 2.57 bits per heavy atom. The van der Waals surface area contributed by atoms with Crippen molar-refractivity contribution in [3.63, 3.8) is 0 Å². The zero-order valence-electron chi connectivity index (χ0n) is 21.7. The summed E-state index contributed by atoms with van der Waals surface area (Å²) < 4.78 is 33.3. The van der Waals surface area contributed by atoms with Crippen molar-refractivity contribution in [1.82, 2.24) is 24.5 Å². The lowest BCUT2D eigenvalue weighted by molar-refractivity contribution is 0.0903. The molecule has 2 aromatic rings. The van der Waals surface area contributed by atoms with Gasteiger partial charge in [0.2, 0.25) is 16.0 Å². The fourth-order valence-electron chi connectivity index (χ4n) is 5.35. The molecule has 2 fully saturated rings. The number of anilines is 1. The molecule has 0 spiro atoms. The zero-order valence-corrected chi connectivity index (χ0v) is 22.6. The molecule has 0 bridgehead atoms. The molecule has 1 aromatic heterocycles. The van der Waals surface area contributed by atoms with Crippen LogP contribution in [0.5, 0.6) is 0 Å². The van der Waals surface area contributed by atoms with Crippen molar-refractivity contribution in [3.8, 4) is 0 Å². The summed E-state index contributed by atoms with van der Waals surface area (Å²) in [5, 5.41) is 6.50. The second-order valence-corrected chi connectivity index (χ2v) is 12.6. The summed E-state index contributed by atoms with van der Waals surface area (Å²) in [6.07, 6.45) is 5.06. The van der Waals surface area contributed by atoms with Gasteiger partial charge in [-0.05, 0) is 58.6 Å². The molecule has 3 aliphatic heterocycles. The molecule has 1 unspecified atom stereocenters. The van der Waals surface area contributed by atoms with E-state index in [1.807, 2.05) is 27.0 Å². The van der Waals surface area contributed by atoms with Crippen LogP contribution < -0.4 is 10.6 Å². The van der Waals surface area contributed by atoms with Crippen LogP contribution in [0.25, 0.3) is 0 Å². The van der Waals surface area contributed by atoms with Gasteiger partial charge in [-0.2, -0.15) is 4.31 Å². The van der Waals surface area contributed by atoms with E-state index in [0.29, 0.717) is 25.5 Å². The number of fused-ring (bicyclic) bond motifs is 1. The third kappa shape index (κ3) is 5.30. The van der Waals surface area contributed by atoms with E-state index in [9.17, 15) is 13.2 Å². The highest BCUT2D eigenvalue weighted by Crippen LogP contribution is 2.38.